The van der Waals surface area contributed by atoms with Crippen molar-refractivity contribution in [1.82, 2.24) is 0 Å². The molecule has 4 nitrogen and oxygen atoms in total. The van der Waals surface area contributed by atoms with Gasteiger partial charge in [-0.25, -0.2) is 0 Å². The summed E-state index contributed by atoms with van der Waals surface area (Å²) >= 11 is 24.3. The predicted octanol–water partition coefficient (Wildman–Crippen LogP) is 5.74. The van der Waals surface area contributed by atoms with Crippen molar-refractivity contribution in [2.45, 2.75) is 6.54 Å². The molecule has 0 bridgehead atoms. The molecule has 29 heavy (non-hydrogen) atoms. The summed E-state index contributed by atoms with van der Waals surface area (Å²) in [5.74, 6) is 0.326. The van der Waals surface area contributed by atoms with E-state index in [0.29, 0.717) is 35.6 Å². The largest absolute Gasteiger partial charge is 0.488 e. The van der Waals surface area contributed by atoms with Gasteiger partial charge in [0.05, 0.1) is 41.5 Å². The lowest BCUT2D eigenvalue weighted by Gasteiger charge is -2.41. The predicted molar refractivity (Wildman–Crippen MR) is 119 cm³/mol. The smallest absolute Gasteiger partial charge is 0.158 e. The van der Waals surface area contributed by atoms with E-state index in [4.69, 9.17) is 60.6 Å². The van der Waals surface area contributed by atoms with E-state index in [1.165, 1.54) is 11.6 Å². The Morgan fingerprint density at radius 1 is 0.862 bits per heavy atom. The van der Waals surface area contributed by atoms with Crippen LogP contribution >= 0.6 is 46.4 Å². The minimum Gasteiger partial charge on any atom is -0.488 e. The Kier molecular flexibility index (Phi) is 8.75. The maximum Gasteiger partial charge on any atom is 0.158 e. The van der Waals surface area contributed by atoms with Gasteiger partial charge in [0.15, 0.2) is 5.75 Å². The van der Waals surface area contributed by atoms with E-state index in [-0.39, 0.29) is 10.0 Å². The van der Waals surface area contributed by atoms with Crippen molar-refractivity contribution in [3.8, 4) is 5.75 Å². The SMILES string of the molecule is Clc1cc(Cl)c(OCCOCC[N+]2(Cc3ccccc3)CCOCC2)c(Cl)c1Cl. The highest BCUT2D eigenvalue weighted by Crippen LogP contribution is 2.42. The first kappa shape index (κ1) is 23.0. The number of rotatable bonds is 9. The highest BCUT2D eigenvalue weighted by Gasteiger charge is 2.30. The van der Waals surface area contributed by atoms with E-state index < -0.39 is 0 Å². The third-order valence-electron chi connectivity index (χ3n) is 5.04. The van der Waals surface area contributed by atoms with Crippen molar-refractivity contribution in [3.05, 3.63) is 62.1 Å². The molecule has 158 valence electrons. The molecule has 2 aromatic rings. The Bertz CT molecular complexity index is 798. The lowest BCUT2D eigenvalue weighted by Crippen LogP contribution is -2.55. The molecule has 0 aromatic heterocycles. The van der Waals surface area contributed by atoms with Crippen LogP contribution in [0.25, 0.3) is 0 Å². The Labute approximate surface area is 191 Å². The molecule has 2 aromatic carbocycles. The molecule has 0 aliphatic carbocycles. The fraction of sp³-hybridized carbons (Fsp3) is 0.429. The minimum absolute atomic E-state index is 0.213. The van der Waals surface area contributed by atoms with Gasteiger partial charge in [0, 0.05) is 5.56 Å². The molecular formula is C21H24Cl4NO3+. The summed E-state index contributed by atoms with van der Waals surface area (Å²) in [6.07, 6.45) is 0. The lowest BCUT2D eigenvalue weighted by atomic mass is 10.1. The van der Waals surface area contributed by atoms with Gasteiger partial charge in [-0.2, -0.15) is 0 Å². The van der Waals surface area contributed by atoms with Crippen LogP contribution < -0.4 is 4.74 Å². The van der Waals surface area contributed by atoms with Gasteiger partial charge >= 0.3 is 0 Å². The molecule has 1 fully saturated rings. The van der Waals surface area contributed by atoms with E-state index in [0.717, 1.165) is 43.9 Å². The Balaban J connectivity index is 1.47. The van der Waals surface area contributed by atoms with E-state index in [9.17, 15) is 0 Å². The first-order valence-corrected chi connectivity index (χ1v) is 11.0. The fourth-order valence-corrected chi connectivity index (χ4v) is 4.42. The maximum absolute atomic E-state index is 6.16. The molecule has 0 N–H and O–H groups in total. The van der Waals surface area contributed by atoms with E-state index in [2.05, 4.69) is 24.3 Å². The molecule has 0 atom stereocenters. The topological polar surface area (TPSA) is 27.7 Å². The van der Waals surface area contributed by atoms with Gasteiger partial charge < -0.3 is 18.7 Å². The number of benzene rings is 2. The van der Waals surface area contributed by atoms with Gasteiger partial charge in [-0.15, -0.1) is 0 Å². The van der Waals surface area contributed by atoms with Crippen molar-refractivity contribution in [3.63, 3.8) is 0 Å². The standard InChI is InChI=1S/C21H24Cl4NO3/c22-17-14-18(23)21(20(25)19(17)24)29-13-12-28-11-8-26(6-9-27-10-7-26)15-16-4-2-1-3-5-16/h1-5,14H,6-13,15H2/q+1. The number of nitrogens with zero attached hydrogens (tertiary/aromatic N) is 1. The van der Waals surface area contributed by atoms with Crippen LogP contribution in [0.5, 0.6) is 5.75 Å². The molecule has 8 heteroatoms. The average molecular weight is 480 g/mol. The quantitative estimate of drug-likeness (QED) is 0.198. The second-order valence-corrected chi connectivity index (χ2v) is 8.60. The van der Waals surface area contributed by atoms with Crippen molar-refractivity contribution in [2.24, 2.45) is 0 Å². The van der Waals surface area contributed by atoms with Gasteiger partial charge in [0.1, 0.15) is 37.8 Å². The van der Waals surface area contributed by atoms with E-state index in [1.807, 2.05) is 6.07 Å². The van der Waals surface area contributed by atoms with Gasteiger partial charge in [-0.05, 0) is 6.07 Å². The molecule has 0 amide bonds. The van der Waals surface area contributed by atoms with Crippen molar-refractivity contribution in [1.29, 1.82) is 0 Å². The Hall–Kier alpha value is -0.720. The summed E-state index contributed by atoms with van der Waals surface area (Å²) in [6, 6.07) is 12.1. The van der Waals surface area contributed by atoms with Crippen LogP contribution in [0.3, 0.4) is 0 Å². The van der Waals surface area contributed by atoms with Gasteiger partial charge in [-0.3, -0.25) is 0 Å². The highest BCUT2D eigenvalue weighted by atomic mass is 35.5. The molecule has 0 spiro atoms. The monoisotopic (exact) mass is 478 g/mol. The first-order chi connectivity index (χ1) is 14.0. The van der Waals surface area contributed by atoms with Crippen LogP contribution in [0.15, 0.2) is 36.4 Å². The molecule has 1 aliphatic heterocycles. The zero-order valence-corrected chi connectivity index (χ0v) is 19.0. The molecule has 0 radical (unpaired) electrons. The highest BCUT2D eigenvalue weighted by molar-refractivity contribution is 6.50. The van der Waals surface area contributed by atoms with Gasteiger partial charge in [0.25, 0.3) is 0 Å². The van der Waals surface area contributed by atoms with Crippen LogP contribution in [0.4, 0.5) is 0 Å². The summed E-state index contributed by atoms with van der Waals surface area (Å²) in [4.78, 5) is 0. The number of quaternary nitrogens is 1. The zero-order valence-electron chi connectivity index (χ0n) is 16.0. The molecule has 1 heterocycles. The summed E-state index contributed by atoms with van der Waals surface area (Å²) in [5, 5.41) is 1.06. The van der Waals surface area contributed by atoms with Crippen LogP contribution in [0, 0.1) is 0 Å². The van der Waals surface area contributed by atoms with Gasteiger partial charge in [0.2, 0.25) is 0 Å². The number of ether oxygens (including phenoxy) is 3. The zero-order chi connectivity index (χ0) is 20.7. The van der Waals surface area contributed by atoms with Crippen LogP contribution in [-0.4, -0.2) is 57.2 Å². The Morgan fingerprint density at radius 3 is 2.31 bits per heavy atom. The van der Waals surface area contributed by atoms with Gasteiger partial charge in [-0.1, -0.05) is 76.7 Å². The second-order valence-electron chi connectivity index (χ2n) is 7.03. The summed E-state index contributed by atoms with van der Waals surface area (Å²) in [7, 11) is 0. The second kappa shape index (κ2) is 11.1. The third-order valence-corrected chi connectivity index (χ3v) is 6.56. The first-order valence-electron chi connectivity index (χ1n) is 9.51. The lowest BCUT2D eigenvalue weighted by molar-refractivity contribution is -0.947. The molecule has 1 aliphatic rings. The fourth-order valence-electron chi connectivity index (χ4n) is 3.41. The molecule has 0 unspecified atom stereocenters. The maximum atomic E-state index is 6.16. The molecule has 3 rings (SSSR count). The number of hydrogen-bond donors (Lipinski definition) is 0. The van der Waals surface area contributed by atoms with Crippen LogP contribution in [0.2, 0.25) is 20.1 Å². The summed E-state index contributed by atoms with van der Waals surface area (Å²) < 4.78 is 18.0. The average Bonchev–Trinajstić information content (AvgIpc) is 2.72. The number of halogens is 4. The van der Waals surface area contributed by atoms with Crippen LogP contribution in [-0.2, 0) is 16.0 Å². The van der Waals surface area contributed by atoms with Crippen molar-refractivity contribution < 1.29 is 18.7 Å². The summed E-state index contributed by atoms with van der Waals surface area (Å²) in [6.45, 7) is 6.83. The number of morpholine rings is 1. The van der Waals surface area contributed by atoms with Crippen molar-refractivity contribution >= 4 is 46.4 Å². The number of hydrogen-bond acceptors (Lipinski definition) is 3. The molecule has 0 saturated carbocycles. The molecule has 1 saturated heterocycles. The third kappa shape index (κ3) is 6.38. The summed E-state index contributed by atoms with van der Waals surface area (Å²) in [5.41, 5.74) is 1.33. The Morgan fingerprint density at radius 2 is 1.59 bits per heavy atom. The van der Waals surface area contributed by atoms with E-state index >= 15 is 0 Å². The van der Waals surface area contributed by atoms with E-state index in [1.54, 1.807) is 0 Å². The van der Waals surface area contributed by atoms with Crippen LogP contribution in [0.1, 0.15) is 5.56 Å². The normalized spacial score (nSPS) is 16.0. The molecular weight excluding hydrogens is 456 g/mol. The minimum atomic E-state index is 0.213. The van der Waals surface area contributed by atoms with Crippen molar-refractivity contribution in [2.75, 3.05) is 52.7 Å².